The van der Waals surface area contributed by atoms with Crippen molar-refractivity contribution < 1.29 is 14.6 Å². The molecule has 3 heteroatoms. The van der Waals surface area contributed by atoms with E-state index in [2.05, 4.69) is 13.5 Å². The van der Waals surface area contributed by atoms with Crippen LogP contribution in [0.2, 0.25) is 0 Å². The van der Waals surface area contributed by atoms with Gasteiger partial charge in [0.15, 0.2) is 0 Å². The molecule has 19 heavy (non-hydrogen) atoms. The van der Waals surface area contributed by atoms with Crippen LogP contribution in [-0.2, 0) is 9.53 Å². The van der Waals surface area contributed by atoms with Gasteiger partial charge in [-0.25, -0.2) is 4.79 Å². The molecule has 0 aromatic heterocycles. The van der Waals surface area contributed by atoms with Gasteiger partial charge in [0.1, 0.15) is 5.60 Å². The number of carbonyl (C=O) groups excluding carboxylic acids is 1. The molecule has 3 nitrogen and oxygen atoms in total. The molecule has 1 unspecified atom stereocenters. The van der Waals surface area contributed by atoms with Gasteiger partial charge in [-0.05, 0) is 25.7 Å². The minimum Gasteiger partial charge on any atom is -0.453 e. The third-order valence-corrected chi connectivity index (χ3v) is 4.00. The van der Waals surface area contributed by atoms with E-state index in [9.17, 15) is 9.90 Å². The Balaban J connectivity index is 2.21. The highest BCUT2D eigenvalue weighted by atomic mass is 16.6. The van der Waals surface area contributed by atoms with E-state index in [1.807, 2.05) is 0 Å². The molecule has 0 aromatic rings. The first-order chi connectivity index (χ1) is 9.13. The van der Waals surface area contributed by atoms with Gasteiger partial charge in [0.2, 0.25) is 0 Å². The normalized spacial score (nSPS) is 23.5. The average molecular weight is 268 g/mol. The lowest BCUT2D eigenvalue weighted by molar-refractivity contribution is -0.166. The van der Waals surface area contributed by atoms with Crippen molar-refractivity contribution in [2.24, 2.45) is 0 Å². The molecular formula is C16H28O3. The van der Waals surface area contributed by atoms with Crippen LogP contribution < -0.4 is 0 Å². The zero-order valence-electron chi connectivity index (χ0n) is 12.2. The number of hydrogen-bond acceptors (Lipinski definition) is 3. The van der Waals surface area contributed by atoms with E-state index in [0.29, 0.717) is 18.4 Å². The fraction of sp³-hybridized carbons (Fsp3) is 0.812. The van der Waals surface area contributed by atoms with Gasteiger partial charge in [-0.15, -0.1) is 0 Å². The largest absolute Gasteiger partial charge is 0.453 e. The van der Waals surface area contributed by atoms with Gasteiger partial charge in [-0.1, -0.05) is 52.0 Å². The summed E-state index contributed by atoms with van der Waals surface area (Å²) in [7, 11) is 0. The third-order valence-electron chi connectivity index (χ3n) is 4.00. The van der Waals surface area contributed by atoms with Crippen LogP contribution in [-0.4, -0.2) is 23.3 Å². The van der Waals surface area contributed by atoms with Crippen LogP contribution in [0.1, 0.15) is 71.1 Å². The second kappa shape index (κ2) is 8.36. The van der Waals surface area contributed by atoms with Crippen LogP contribution >= 0.6 is 0 Å². The Morgan fingerprint density at radius 3 is 2.42 bits per heavy atom. The number of cyclic esters (lactones) is 1. The molecule has 1 heterocycles. The Morgan fingerprint density at radius 1 is 1.21 bits per heavy atom. The fourth-order valence-electron chi connectivity index (χ4n) is 2.57. The maximum atomic E-state index is 11.5. The molecule has 0 aromatic carbocycles. The van der Waals surface area contributed by atoms with E-state index < -0.39 is 5.60 Å². The second-order valence-corrected chi connectivity index (χ2v) is 5.71. The quantitative estimate of drug-likeness (QED) is 0.393. The lowest BCUT2D eigenvalue weighted by atomic mass is 9.87. The van der Waals surface area contributed by atoms with Crippen molar-refractivity contribution >= 4 is 5.97 Å². The smallest absolute Gasteiger partial charge is 0.334 e. The van der Waals surface area contributed by atoms with Crippen molar-refractivity contribution in [2.75, 3.05) is 6.61 Å². The van der Waals surface area contributed by atoms with Crippen LogP contribution in [0.15, 0.2) is 12.2 Å². The second-order valence-electron chi connectivity index (χ2n) is 5.71. The summed E-state index contributed by atoms with van der Waals surface area (Å²) in [5.41, 5.74) is -0.106. The Hall–Kier alpha value is -0.830. The topological polar surface area (TPSA) is 46.5 Å². The molecule has 0 aliphatic carbocycles. The lowest BCUT2D eigenvalue weighted by Crippen LogP contribution is -2.42. The summed E-state index contributed by atoms with van der Waals surface area (Å²) >= 11 is 0. The van der Waals surface area contributed by atoms with Crippen molar-refractivity contribution in [3.05, 3.63) is 12.2 Å². The van der Waals surface area contributed by atoms with E-state index in [-0.39, 0.29) is 12.6 Å². The minimum absolute atomic E-state index is 0.0676. The number of carbonyl (C=O) groups is 1. The summed E-state index contributed by atoms with van der Waals surface area (Å²) in [5, 5.41) is 9.51. The van der Waals surface area contributed by atoms with E-state index >= 15 is 0 Å². The number of aliphatic hydroxyl groups excluding tert-OH is 1. The van der Waals surface area contributed by atoms with Gasteiger partial charge >= 0.3 is 5.97 Å². The zero-order chi connectivity index (χ0) is 14.1. The molecule has 0 radical (unpaired) electrons. The van der Waals surface area contributed by atoms with Crippen LogP contribution in [0.25, 0.3) is 0 Å². The molecule has 1 saturated heterocycles. The van der Waals surface area contributed by atoms with Gasteiger partial charge in [-0.2, -0.15) is 0 Å². The Labute approximate surface area is 117 Å². The lowest BCUT2D eigenvalue weighted by Gasteiger charge is -2.35. The highest BCUT2D eigenvalue weighted by Gasteiger charge is 2.37. The zero-order valence-corrected chi connectivity index (χ0v) is 12.2. The monoisotopic (exact) mass is 268 g/mol. The molecule has 1 atom stereocenters. The van der Waals surface area contributed by atoms with Crippen LogP contribution in [0, 0.1) is 0 Å². The number of hydrogen-bond donors (Lipinski definition) is 1. The van der Waals surface area contributed by atoms with Crippen molar-refractivity contribution in [1.82, 2.24) is 0 Å². The molecule has 0 amide bonds. The fourth-order valence-corrected chi connectivity index (χ4v) is 2.57. The predicted molar refractivity (Wildman–Crippen MR) is 76.9 cm³/mol. The first kappa shape index (κ1) is 16.2. The van der Waals surface area contributed by atoms with Gasteiger partial charge < -0.3 is 9.84 Å². The van der Waals surface area contributed by atoms with Gasteiger partial charge in [0.05, 0.1) is 6.61 Å². The van der Waals surface area contributed by atoms with Gasteiger partial charge in [0, 0.05) is 5.57 Å². The molecule has 1 rings (SSSR count). The summed E-state index contributed by atoms with van der Waals surface area (Å²) in [6.07, 6.45) is 10.7. The van der Waals surface area contributed by atoms with Crippen molar-refractivity contribution in [1.29, 1.82) is 0 Å². The SMILES string of the molecule is C=C1CCC(CO)(CCCCCCCCC)OC1=O. The summed E-state index contributed by atoms with van der Waals surface area (Å²) in [4.78, 5) is 11.5. The Morgan fingerprint density at radius 2 is 1.84 bits per heavy atom. The molecule has 1 N–H and O–H groups in total. The first-order valence-electron chi connectivity index (χ1n) is 7.65. The number of ether oxygens (including phenoxy) is 1. The number of aliphatic hydroxyl groups is 1. The van der Waals surface area contributed by atoms with Crippen molar-refractivity contribution in [3.8, 4) is 0 Å². The summed E-state index contributed by atoms with van der Waals surface area (Å²) in [6.45, 7) is 5.83. The van der Waals surface area contributed by atoms with Crippen molar-refractivity contribution in [3.63, 3.8) is 0 Å². The molecule has 0 spiro atoms. The third kappa shape index (κ3) is 5.35. The highest BCUT2D eigenvalue weighted by Crippen LogP contribution is 2.32. The van der Waals surface area contributed by atoms with E-state index in [4.69, 9.17) is 4.74 Å². The van der Waals surface area contributed by atoms with Crippen LogP contribution in [0.3, 0.4) is 0 Å². The molecule has 0 saturated carbocycles. The Kier molecular flexibility index (Phi) is 7.14. The van der Waals surface area contributed by atoms with E-state index in [0.717, 1.165) is 19.3 Å². The molecule has 110 valence electrons. The van der Waals surface area contributed by atoms with Gasteiger partial charge in [0.25, 0.3) is 0 Å². The van der Waals surface area contributed by atoms with Gasteiger partial charge in [-0.3, -0.25) is 0 Å². The summed E-state index contributed by atoms with van der Waals surface area (Å²) in [6, 6.07) is 0. The molecule has 1 aliphatic rings. The van der Waals surface area contributed by atoms with Crippen LogP contribution in [0.4, 0.5) is 0 Å². The Bertz CT molecular complexity index is 298. The molecule has 1 aliphatic heterocycles. The molecular weight excluding hydrogens is 240 g/mol. The number of unbranched alkanes of at least 4 members (excludes halogenated alkanes) is 6. The minimum atomic E-state index is -0.637. The number of esters is 1. The van der Waals surface area contributed by atoms with Crippen LogP contribution in [0.5, 0.6) is 0 Å². The summed E-state index contributed by atoms with van der Waals surface area (Å²) in [5.74, 6) is -0.330. The van der Waals surface area contributed by atoms with E-state index in [1.165, 1.54) is 32.1 Å². The standard InChI is InChI=1S/C16H28O3/c1-3-4-5-6-7-8-9-11-16(13-17)12-10-14(2)15(18)19-16/h17H,2-13H2,1H3. The van der Waals surface area contributed by atoms with Crippen molar-refractivity contribution in [2.45, 2.75) is 76.7 Å². The predicted octanol–water partition coefficient (Wildman–Crippen LogP) is 3.75. The van der Waals surface area contributed by atoms with E-state index in [1.54, 1.807) is 0 Å². The maximum Gasteiger partial charge on any atom is 0.334 e. The highest BCUT2D eigenvalue weighted by molar-refractivity contribution is 5.88. The molecule has 0 bridgehead atoms. The summed E-state index contributed by atoms with van der Waals surface area (Å²) < 4.78 is 5.39. The number of rotatable bonds is 9. The first-order valence-corrected chi connectivity index (χ1v) is 7.65. The molecule has 1 fully saturated rings. The maximum absolute atomic E-state index is 11.5. The average Bonchev–Trinajstić information content (AvgIpc) is 2.42.